The summed E-state index contributed by atoms with van der Waals surface area (Å²) < 4.78 is 1.59. The van der Waals surface area contributed by atoms with Gasteiger partial charge in [-0.1, -0.05) is 24.3 Å². The molecule has 0 aliphatic carbocycles. The van der Waals surface area contributed by atoms with Crippen molar-refractivity contribution in [2.24, 2.45) is 0 Å². The highest BCUT2D eigenvalue weighted by molar-refractivity contribution is 6.04. The van der Waals surface area contributed by atoms with Crippen molar-refractivity contribution >= 4 is 22.6 Å². The van der Waals surface area contributed by atoms with Crippen LogP contribution in [-0.2, 0) is 0 Å². The zero-order chi connectivity index (χ0) is 14.1. The summed E-state index contributed by atoms with van der Waals surface area (Å²) in [5, 5.41) is 0. The van der Waals surface area contributed by atoms with Gasteiger partial charge in [0.05, 0.1) is 16.6 Å². The molecule has 20 heavy (non-hydrogen) atoms. The van der Waals surface area contributed by atoms with E-state index in [0.717, 1.165) is 16.7 Å². The van der Waals surface area contributed by atoms with Crippen LogP contribution in [0, 0.1) is 0 Å². The van der Waals surface area contributed by atoms with Crippen molar-refractivity contribution in [1.82, 2.24) is 9.55 Å². The average molecular weight is 265 g/mol. The largest absolute Gasteiger partial charge is 0.377 e. The number of fused-ring (bicyclic) bond motifs is 1. The third-order valence-corrected chi connectivity index (χ3v) is 3.29. The van der Waals surface area contributed by atoms with E-state index in [1.54, 1.807) is 10.9 Å². The zero-order valence-electron chi connectivity index (χ0n) is 11.4. The fourth-order valence-corrected chi connectivity index (χ4v) is 2.30. The van der Waals surface area contributed by atoms with Crippen LogP contribution in [0.4, 0.5) is 5.69 Å². The van der Waals surface area contributed by atoms with Crippen LogP contribution < -0.4 is 4.90 Å². The Morgan fingerprint density at radius 1 is 1.05 bits per heavy atom. The first-order valence-corrected chi connectivity index (χ1v) is 6.41. The monoisotopic (exact) mass is 265 g/mol. The Bertz CT molecular complexity index is 774. The van der Waals surface area contributed by atoms with Gasteiger partial charge >= 0.3 is 0 Å². The van der Waals surface area contributed by atoms with E-state index in [1.165, 1.54) is 0 Å². The third kappa shape index (κ3) is 1.95. The van der Waals surface area contributed by atoms with Gasteiger partial charge in [0, 0.05) is 19.8 Å². The molecule has 0 saturated carbocycles. The summed E-state index contributed by atoms with van der Waals surface area (Å²) in [4.78, 5) is 18.9. The molecule has 0 radical (unpaired) electrons. The van der Waals surface area contributed by atoms with Crippen molar-refractivity contribution in [2.75, 3.05) is 19.0 Å². The Morgan fingerprint density at radius 3 is 2.55 bits per heavy atom. The molecule has 0 N–H and O–H groups in total. The molecule has 0 bridgehead atoms. The molecule has 0 unspecified atom stereocenters. The number of carbonyl (C=O) groups excluding carboxylic acids is 1. The minimum Gasteiger partial charge on any atom is -0.377 e. The number of carbonyl (C=O) groups is 1. The van der Waals surface area contributed by atoms with E-state index in [0.29, 0.717) is 5.56 Å². The van der Waals surface area contributed by atoms with Crippen molar-refractivity contribution < 1.29 is 4.79 Å². The first kappa shape index (κ1) is 12.4. The number of hydrogen-bond donors (Lipinski definition) is 0. The van der Waals surface area contributed by atoms with Gasteiger partial charge in [-0.15, -0.1) is 0 Å². The summed E-state index contributed by atoms with van der Waals surface area (Å²) in [6, 6.07) is 15.2. The highest BCUT2D eigenvalue weighted by Gasteiger charge is 2.16. The predicted octanol–water partition coefficient (Wildman–Crippen LogP) is 2.79. The maximum Gasteiger partial charge on any atom is 0.265 e. The number of hydrogen-bond acceptors (Lipinski definition) is 3. The Morgan fingerprint density at radius 2 is 1.75 bits per heavy atom. The lowest BCUT2D eigenvalue weighted by Crippen LogP contribution is -2.17. The molecule has 3 rings (SSSR count). The molecule has 0 spiro atoms. The molecule has 100 valence electrons. The summed E-state index contributed by atoms with van der Waals surface area (Å²) >= 11 is 0. The smallest absolute Gasteiger partial charge is 0.265 e. The van der Waals surface area contributed by atoms with Crippen molar-refractivity contribution in [3.05, 3.63) is 60.4 Å². The predicted molar refractivity (Wildman–Crippen MR) is 80.2 cm³/mol. The van der Waals surface area contributed by atoms with Crippen LogP contribution in [0.2, 0.25) is 0 Å². The van der Waals surface area contributed by atoms with Gasteiger partial charge in [0.25, 0.3) is 5.91 Å². The fraction of sp³-hybridized carbons (Fsp3) is 0.125. The van der Waals surface area contributed by atoms with Gasteiger partial charge in [0.15, 0.2) is 0 Å². The summed E-state index contributed by atoms with van der Waals surface area (Å²) in [5.74, 6) is -0.0667. The third-order valence-electron chi connectivity index (χ3n) is 3.29. The van der Waals surface area contributed by atoms with Crippen LogP contribution in [0.5, 0.6) is 0 Å². The normalized spacial score (nSPS) is 10.7. The highest BCUT2D eigenvalue weighted by atomic mass is 16.2. The zero-order valence-corrected chi connectivity index (χ0v) is 11.4. The minimum atomic E-state index is -0.0667. The van der Waals surface area contributed by atoms with Crippen LogP contribution in [0.1, 0.15) is 10.4 Å². The molecule has 0 fully saturated rings. The number of imidazole rings is 1. The highest BCUT2D eigenvalue weighted by Crippen LogP contribution is 2.21. The molecule has 2 aromatic carbocycles. The van der Waals surface area contributed by atoms with Gasteiger partial charge < -0.3 is 4.90 Å². The van der Waals surface area contributed by atoms with Crippen LogP contribution in [0.15, 0.2) is 54.9 Å². The first-order valence-electron chi connectivity index (χ1n) is 6.41. The van der Waals surface area contributed by atoms with Gasteiger partial charge in [-0.05, 0) is 24.3 Å². The molecule has 3 aromatic rings. The van der Waals surface area contributed by atoms with Crippen molar-refractivity contribution in [3.8, 4) is 0 Å². The maximum atomic E-state index is 12.7. The van der Waals surface area contributed by atoms with Crippen molar-refractivity contribution in [2.45, 2.75) is 0 Å². The van der Waals surface area contributed by atoms with Crippen molar-refractivity contribution in [3.63, 3.8) is 0 Å². The van der Waals surface area contributed by atoms with Crippen LogP contribution in [-0.4, -0.2) is 29.6 Å². The number of benzene rings is 2. The second-order valence-electron chi connectivity index (χ2n) is 4.82. The quantitative estimate of drug-likeness (QED) is 0.715. The van der Waals surface area contributed by atoms with Gasteiger partial charge in [-0.25, -0.2) is 4.98 Å². The molecule has 0 aliphatic heterocycles. The van der Waals surface area contributed by atoms with Gasteiger partial charge in [-0.3, -0.25) is 9.36 Å². The SMILES string of the molecule is CN(C)c1ccccc1C(=O)n1cnc2ccccc21. The molecule has 0 aliphatic rings. The van der Waals surface area contributed by atoms with Gasteiger partial charge in [-0.2, -0.15) is 0 Å². The molecule has 1 heterocycles. The molecule has 0 amide bonds. The maximum absolute atomic E-state index is 12.7. The lowest BCUT2D eigenvalue weighted by atomic mass is 10.1. The van der Waals surface area contributed by atoms with Crippen molar-refractivity contribution in [1.29, 1.82) is 0 Å². The molecule has 0 saturated heterocycles. The molecule has 4 nitrogen and oxygen atoms in total. The summed E-state index contributed by atoms with van der Waals surface area (Å²) in [6.07, 6.45) is 1.58. The molecular formula is C16H15N3O. The van der Waals surface area contributed by atoms with E-state index in [4.69, 9.17) is 0 Å². The van der Waals surface area contributed by atoms with Gasteiger partial charge in [0.2, 0.25) is 0 Å². The summed E-state index contributed by atoms with van der Waals surface area (Å²) in [5.41, 5.74) is 3.21. The molecule has 1 aromatic heterocycles. The van der Waals surface area contributed by atoms with Gasteiger partial charge in [0.1, 0.15) is 6.33 Å². The average Bonchev–Trinajstić information content (AvgIpc) is 2.90. The minimum absolute atomic E-state index is 0.0667. The van der Waals surface area contributed by atoms with E-state index >= 15 is 0 Å². The van der Waals surface area contributed by atoms with E-state index in [-0.39, 0.29) is 5.91 Å². The molecular weight excluding hydrogens is 250 g/mol. The number of anilines is 1. The Labute approximate surface area is 117 Å². The summed E-state index contributed by atoms with van der Waals surface area (Å²) in [7, 11) is 3.86. The van der Waals surface area contributed by atoms with Crippen LogP contribution in [0.25, 0.3) is 11.0 Å². The Balaban J connectivity index is 2.14. The van der Waals surface area contributed by atoms with E-state index < -0.39 is 0 Å². The van der Waals surface area contributed by atoms with E-state index in [2.05, 4.69) is 4.98 Å². The standard InChI is InChI=1S/C16H15N3O/c1-18(2)14-9-5-3-7-12(14)16(20)19-11-17-13-8-4-6-10-15(13)19/h3-11H,1-2H3. The number of para-hydroxylation sites is 3. The molecule has 4 heteroatoms. The number of rotatable bonds is 2. The second-order valence-corrected chi connectivity index (χ2v) is 4.82. The van der Waals surface area contributed by atoms with E-state index in [1.807, 2.05) is 67.5 Å². The lowest BCUT2D eigenvalue weighted by Gasteiger charge is -2.16. The summed E-state index contributed by atoms with van der Waals surface area (Å²) in [6.45, 7) is 0. The number of aromatic nitrogens is 2. The van der Waals surface area contributed by atoms with Crippen LogP contribution >= 0.6 is 0 Å². The van der Waals surface area contributed by atoms with Crippen LogP contribution in [0.3, 0.4) is 0 Å². The topological polar surface area (TPSA) is 38.1 Å². The fourth-order valence-electron chi connectivity index (χ4n) is 2.30. The Kier molecular flexibility index (Phi) is 2.99. The number of nitrogens with zero attached hydrogens (tertiary/aromatic N) is 3. The first-order chi connectivity index (χ1) is 9.68. The Hall–Kier alpha value is -2.62. The second kappa shape index (κ2) is 4.81. The lowest BCUT2D eigenvalue weighted by molar-refractivity contribution is 0.0965. The van der Waals surface area contributed by atoms with E-state index in [9.17, 15) is 4.79 Å². The molecule has 0 atom stereocenters.